The van der Waals surface area contributed by atoms with E-state index in [4.69, 9.17) is 5.84 Å². The molecule has 1 unspecified atom stereocenters. The first-order valence-corrected chi connectivity index (χ1v) is 6.90. The molecular weight excluding hydrogens is 251 g/mol. The molecule has 3 heteroatoms. The molecule has 0 radical (unpaired) electrons. The molecule has 0 fully saturated rings. The van der Waals surface area contributed by atoms with Crippen LogP contribution in [0.1, 0.15) is 42.5 Å². The van der Waals surface area contributed by atoms with Crippen molar-refractivity contribution < 1.29 is 4.39 Å². The zero-order valence-corrected chi connectivity index (χ0v) is 11.9. The fraction of sp³-hybridized carbons (Fsp3) is 0.294. The Kier molecular flexibility index (Phi) is 4.88. The van der Waals surface area contributed by atoms with Crippen LogP contribution in [0.25, 0.3) is 0 Å². The maximum absolute atomic E-state index is 12.9. The first-order chi connectivity index (χ1) is 9.60. The summed E-state index contributed by atoms with van der Waals surface area (Å²) in [5.41, 5.74) is 6.35. The number of nitrogens with one attached hydrogen (secondary N) is 1. The van der Waals surface area contributed by atoms with Crippen molar-refractivity contribution in [3.8, 4) is 0 Å². The Hall–Kier alpha value is -1.71. The minimum absolute atomic E-state index is 0.0293. The molecule has 3 N–H and O–H groups in total. The van der Waals surface area contributed by atoms with Gasteiger partial charge in [0.2, 0.25) is 0 Å². The highest BCUT2D eigenvalue weighted by Crippen LogP contribution is 2.21. The second-order valence-electron chi connectivity index (χ2n) is 5.37. The van der Waals surface area contributed by atoms with Gasteiger partial charge in [0.25, 0.3) is 0 Å². The maximum atomic E-state index is 12.9. The molecule has 2 nitrogen and oxygen atoms in total. The second-order valence-corrected chi connectivity index (χ2v) is 5.37. The minimum Gasteiger partial charge on any atom is -0.271 e. The van der Waals surface area contributed by atoms with Gasteiger partial charge < -0.3 is 0 Å². The number of halogens is 1. The lowest BCUT2D eigenvalue weighted by Crippen LogP contribution is -2.29. The summed E-state index contributed by atoms with van der Waals surface area (Å²) in [6.45, 7) is 4.35. The van der Waals surface area contributed by atoms with Gasteiger partial charge in [-0.25, -0.2) is 4.39 Å². The molecule has 0 aromatic heterocycles. The standard InChI is InChI=1S/C17H21FN2/c1-12(2)14-5-7-15(8-6-14)17(20-19)11-13-3-9-16(18)10-4-13/h3-10,12,17,20H,11,19H2,1-2H3. The number of nitrogens with two attached hydrogens (primary N) is 1. The molecule has 0 saturated carbocycles. The zero-order valence-electron chi connectivity index (χ0n) is 11.9. The molecule has 0 spiro atoms. The molecule has 0 aliphatic heterocycles. The monoisotopic (exact) mass is 272 g/mol. The van der Waals surface area contributed by atoms with E-state index in [1.165, 1.54) is 17.7 Å². The van der Waals surface area contributed by atoms with Gasteiger partial charge in [-0.1, -0.05) is 50.2 Å². The van der Waals surface area contributed by atoms with Gasteiger partial charge >= 0.3 is 0 Å². The summed E-state index contributed by atoms with van der Waals surface area (Å²) in [5.74, 6) is 5.96. The summed E-state index contributed by atoms with van der Waals surface area (Å²) in [5, 5.41) is 0. The van der Waals surface area contributed by atoms with Crippen LogP contribution < -0.4 is 11.3 Å². The third-order valence-corrected chi connectivity index (χ3v) is 3.56. The number of hydrogen-bond acceptors (Lipinski definition) is 2. The maximum Gasteiger partial charge on any atom is 0.123 e. The van der Waals surface area contributed by atoms with Crippen molar-refractivity contribution in [1.29, 1.82) is 0 Å². The Balaban J connectivity index is 2.13. The van der Waals surface area contributed by atoms with Crippen molar-refractivity contribution >= 4 is 0 Å². The van der Waals surface area contributed by atoms with Gasteiger partial charge in [-0.2, -0.15) is 0 Å². The number of hydrazine groups is 1. The van der Waals surface area contributed by atoms with Gasteiger partial charge in [0.1, 0.15) is 5.82 Å². The largest absolute Gasteiger partial charge is 0.271 e. The first-order valence-electron chi connectivity index (χ1n) is 6.90. The molecular formula is C17H21FN2. The molecule has 106 valence electrons. The van der Waals surface area contributed by atoms with Crippen LogP contribution in [0.4, 0.5) is 4.39 Å². The smallest absolute Gasteiger partial charge is 0.123 e. The predicted molar refractivity (Wildman–Crippen MR) is 80.7 cm³/mol. The van der Waals surface area contributed by atoms with E-state index in [9.17, 15) is 4.39 Å². The Labute approximate surface area is 119 Å². The van der Waals surface area contributed by atoms with Crippen molar-refractivity contribution in [3.63, 3.8) is 0 Å². The Morgan fingerprint density at radius 3 is 2.00 bits per heavy atom. The molecule has 0 amide bonds. The lowest BCUT2D eigenvalue weighted by Gasteiger charge is -2.17. The quantitative estimate of drug-likeness (QED) is 0.643. The van der Waals surface area contributed by atoms with E-state index in [2.05, 4.69) is 43.5 Å². The van der Waals surface area contributed by atoms with Crippen LogP contribution >= 0.6 is 0 Å². The minimum atomic E-state index is -0.215. The summed E-state index contributed by atoms with van der Waals surface area (Å²) in [7, 11) is 0. The highest BCUT2D eigenvalue weighted by Gasteiger charge is 2.11. The van der Waals surface area contributed by atoms with Crippen LogP contribution in [0.5, 0.6) is 0 Å². The second kappa shape index (κ2) is 6.64. The summed E-state index contributed by atoms with van der Waals surface area (Å²) >= 11 is 0. The van der Waals surface area contributed by atoms with Gasteiger partial charge in [0, 0.05) is 6.04 Å². The van der Waals surface area contributed by atoms with Gasteiger partial charge in [-0.15, -0.1) is 0 Å². The van der Waals surface area contributed by atoms with Crippen LogP contribution in [0.3, 0.4) is 0 Å². The van der Waals surface area contributed by atoms with Crippen LogP contribution in [0.2, 0.25) is 0 Å². The molecule has 20 heavy (non-hydrogen) atoms. The van der Waals surface area contributed by atoms with Crippen molar-refractivity contribution in [2.75, 3.05) is 0 Å². The molecule has 2 aromatic rings. The van der Waals surface area contributed by atoms with E-state index in [0.29, 0.717) is 5.92 Å². The van der Waals surface area contributed by atoms with Gasteiger partial charge in [0.15, 0.2) is 0 Å². The Morgan fingerprint density at radius 1 is 0.950 bits per heavy atom. The van der Waals surface area contributed by atoms with E-state index in [0.717, 1.165) is 17.5 Å². The average Bonchev–Trinajstić information content (AvgIpc) is 2.47. The molecule has 0 aliphatic rings. The van der Waals surface area contributed by atoms with Gasteiger partial charge in [-0.3, -0.25) is 11.3 Å². The summed E-state index contributed by atoms with van der Waals surface area (Å²) in [4.78, 5) is 0. The topological polar surface area (TPSA) is 38.0 Å². The van der Waals surface area contributed by atoms with Gasteiger partial charge in [-0.05, 0) is 41.2 Å². The van der Waals surface area contributed by atoms with Crippen molar-refractivity contribution in [2.45, 2.75) is 32.2 Å². The van der Waals surface area contributed by atoms with Crippen LogP contribution in [-0.2, 0) is 6.42 Å². The van der Waals surface area contributed by atoms with E-state index in [-0.39, 0.29) is 11.9 Å². The highest BCUT2D eigenvalue weighted by molar-refractivity contribution is 5.28. The predicted octanol–water partition coefficient (Wildman–Crippen LogP) is 3.70. The lowest BCUT2D eigenvalue weighted by atomic mass is 9.96. The molecule has 2 aromatic carbocycles. The lowest BCUT2D eigenvalue weighted by molar-refractivity contribution is 0.550. The fourth-order valence-electron chi connectivity index (χ4n) is 2.24. The molecule has 0 bridgehead atoms. The highest BCUT2D eigenvalue weighted by atomic mass is 19.1. The molecule has 0 aliphatic carbocycles. The summed E-state index contributed by atoms with van der Waals surface area (Å²) in [6, 6.07) is 15.0. The average molecular weight is 272 g/mol. The van der Waals surface area contributed by atoms with Crippen molar-refractivity contribution in [2.24, 2.45) is 5.84 Å². The van der Waals surface area contributed by atoms with Crippen LogP contribution in [-0.4, -0.2) is 0 Å². The Morgan fingerprint density at radius 2 is 1.50 bits per heavy atom. The van der Waals surface area contributed by atoms with Crippen molar-refractivity contribution in [3.05, 3.63) is 71.0 Å². The molecule has 0 saturated heterocycles. The number of rotatable bonds is 5. The zero-order chi connectivity index (χ0) is 14.5. The summed E-state index contributed by atoms with van der Waals surface area (Å²) in [6.07, 6.45) is 0.734. The van der Waals surface area contributed by atoms with Crippen LogP contribution in [0, 0.1) is 5.82 Å². The molecule has 1 atom stereocenters. The van der Waals surface area contributed by atoms with E-state index in [1.807, 2.05) is 0 Å². The Bertz CT molecular complexity index is 532. The number of benzene rings is 2. The van der Waals surface area contributed by atoms with Gasteiger partial charge in [0.05, 0.1) is 0 Å². The SMILES string of the molecule is CC(C)c1ccc(C(Cc2ccc(F)cc2)NN)cc1. The fourth-order valence-corrected chi connectivity index (χ4v) is 2.24. The number of hydrogen-bond donors (Lipinski definition) is 2. The molecule has 2 rings (SSSR count). The third-order valence-electron chi connectivity index (χ3n) is 3.56. The summed E-state index contributed by atoms with van der Waals surface area (Å²) < 4.78 is 12.9. The first kappa shape index (κ1) is 14.7. The van der Waals surface area contributed by atoms with E-state index in [1.54, 1.807) is 12.1 Å². The normalized spacial score (nSPS) is 12.7. The van der Waals surface area contributed by atoms with E-state index < -0.39 is 0 Å². The van der Waals surface area contributed by atoms with Crippen molar-refractivity contribution in [1.82, 2.24) is 5.43 Å². The molecule has 0 heterocycles. The third kappa shape index (κ3) is 3.65. The van der Waals surface area contributed by atoms with Crippen LogP contribution in [0.15, 0.2) is 48.5 Å². The van der Waals surface area contributed by atoms with E-state index >= 15 is 0 Å².